The molecule has 2 aliphatic carbocycles. The first-order chi connectivity index (χ1) is 10.7. The smallest absolute Gasteiger partial charge is 0.164 e. The van der Waals surface area contributed by atoms with Crippen molar-refractivity contribution < 1.29 is 9.47 Å². The highest BCUT2D eigenvalue weighted by Gasteiger charge is 2.54. The van der Waals surface area contributed by atoms with Crippen LogP contribution >= 0.6 is 0 Å². The fourth-order valence-corrected chi connectivity index (χ4v) is 5.63. The third kappa shape index (κ3) is 1.78. The number of nitrogens with zero attached hydrogens (tertiary/aromatic N) is 1. The molecule has 3 atom stereocenters. The second-order valence-electron chi connectivity index (χ2n) is 7.35. The summed E-state index contributed by atoms with van der Waals surface area (Å²) in [5.41, 5.74) is 3.30. The van der Waals surface area contributed by atoms with Crippen LogP contribution in [-0.4, -0.2) is 38.8 Å². The molecule has 4 rings (SSSR count). The van der Waals surface area contributed by atoms with Crippen molar-refractivity contribution in [3.63, 3.8) is 0 Å². The van der Waals surface area contributed by atoms with Gasteiger partial charge in [0.25, 0.3) is 0 Å². The highest BCUT2D eigenvalue weighted by Crippen LogP contribution is 2.59. The molecule has 0 N–H and O–H groups in total. The maximum Gasteiger partial charge on any atom is 0.164 e. The maximum absolute atomic E-state index is 5.86. The van der Waals surface area contributed by atoms with Gasteiger partial charge in [-0.25, -0.2) is 0 Å². The normalized spacial score (nSPS) is 33.8. The predicted molar refractivity (Wildman–Crippen MR) is 87.9 cm³/mol. The molecule has 3 nitrogen and oxygen atoms in total. The molecule has 1 aromatic carbocycles. The molecular formula is C19H27NO2. The number of rotatable bonds is 2. The van der Waals surface area contributed by atoms with E-state index in [9.17, 15) is 0 Å². The van der Waals surface area contributed by atoms with Crippen LogP contribution in [0.5, 0.6) is 11.5 Å². The Hall–Kier alpha value is -1.22. The van der Waals surface area contributed by atoms with Crippen LogP contribution in [0.25, 0.3) is 0 Å². The summed E-state index contributed by atoms with van der Waals surface area (Å²) in [6, 6.07) is 5.09. The van der Waals surface area contributed by atoms with Gasteiger partial charge in [0.1, 0.15) is 0 Å². The van der Waals surface area contributed by atoms with Gasteiger partial charge in [0.05, 0.1) is 14.2 Å². The zero-order valence-electron chi connectivity index (χ0n) is 14.0. The molecule has 0 aromatic heterocycles. The summed E-state index contributed by atoms with van der Waals surface area (Å²) in [6.45, 7) is 1.21. The van der Waals surface area contributed by atoms with E-state index in [1.165, 1.54) is 56.2 Å². The Balaban J connectivity index is 1.94. The summed E-state index contributed by atoms with van der Waals surface area (Å²) in [6.07, 6.45) is 7.86. The van der Waals surface area contributed by atoms with Crippen molar-refractivity contribution in [1.82, 2.24) is 4.90 Å². The molecule has 2 bridgehead atoms. The molecule has 3 heteroatoms. The molecule has 0 radical (unpaired) electrons. The lowest BCUT2D eigenvalue weighted by Crippen LogP contribution is -2.59. The summed E-state index contributed by atoms with van der Waals surface area (Å²) in [4.78, 5) is 2.61. The molecule has 3 aliphatic rings. The third-order valence-corrected chi connectivity index (χ3v) is 6.60. The van der Waals surface area contributed by atoms with Gasteiger partial charge in [0.2, 0.25) is 0 Å². The minimum absolute atomic E-state index is 0.322. The lowest BCUT2D eigenvalue weighted by Gasteiger charge is -2.58. The van der Waals surface area contributed by atoms with E-state index in [-0.39, 0.29) is 0 Å². The average molecular weight is 301 g/mol. The van der Waals surface area contributed by atoms with Crippen LogP contribution in [0.15, 0.2) is 12.1 Å². The van der Waals surface area contributed by atoms with E-state index in [2.05, 4.69) is 24.1 Å². The van der Waals surface area contributed by atoms with E-state index < -0.39 is 0 Å². The van der Waals surface area contributed by atoms with Crippen LogP contribution in [0.4, 0.5) is 0 Å². The van der Waals surface area contributed by atoms with Gasteiger partial charge in [-0.3, -0.25) is 0 Å². The number of hydrogen-bond acceptors (Lipinski definition) is 3. The molecule has 1 aliphatic heterocycles. The zero-order chi connectivity index (χ0) is 15.3. The highest BCUT2D eigenvalue weighted by atomic mass is 16.5. The van der Waals surface area contributed by atoms with Gasteiger partial charge in [0, 0.05) is 17.0 Å². The second kappa shape index (κ2) is 5.16. The van der Waals surface area contributed by atoms with Gasteiger partial charge in [-0.2, -0.15) is 0 Å². The lowest BCUT2D eigenvalue weighted by molar-refractivity contribution is 0.00129. The Morgan fingerprint density at radius 3 is 2.77 bits per heavy atom. The van der Waals surface area contributed by atoms with Gasteiger partial charge in [-0.1, -0.05) is 18.9 Å². The molecule has 0 unspecified atom stereocenters. The fourth-order valence-electron chi connectivity index (χ4n) is 5.63. The standard InChI is InChI=1S/C19H27NO2/c1-20-11-10-19-9-5-4-6-14(19)15(20)12-13-7-8-16(21-2)18(22-3)17(13)19/h7-8,14-15H,4-6,9-12H2,1-3H3/t14-,15+,19-/m1/s1. The molecule has 22 heavy (non-hydrogen) atoms. The molecule has 1 aromatic rings. The predicted octanol–water partition coefficient (Wildman–Crippen LogP) is 3.39. The van der Waals surface area contributed by atoms with Crippen molar-refractivity contribution in [2.75, 3.05) is 27.8 Å². The quantitative estimate of drug-likeness (QED) is 0.836. The first-order valence-electron chi connectivity index (χ1n) is 8.66. The summed E-state index contributed by atoms with van der Waals surface area (Å²) in [5, 5.41) is 0. The number of likely N-dealkylation sites (N-methyl/N-ethyl adjacent to an activating group) is 1. The highest BCUT2D eigenvalue weighted by molar-refractivity contribution is 5.57. The SMILES string of the molecule is COc1ccc2c(c1OC)[C@@]13CCCC[C@@H]1[C@H](C2)N(C)CC3. The first-order valence-corrected chi connectivity index (χ1v) is 8.66. The second-order valence-corrected chi connectivity index (χ2v) is 7.35. The van der Waals surface area contributed by atoms with Crippen LogP contribution < -0.4 is 9.47 Å². The topological polar surface area (TPSA) is 21.7 Å². The van der Waals surface area contributed by atoms with Crippen LogP contribution in [0.1, 0.15) is 43.2 Å². The van der Waals surface area contributed by atoms with E-state index >= 15 is 0 Å². The van der Waals surface area contributed by atoms with E-state index in [0.717, 1.165) is 17.4 Å². The van der Waals surface area contributed by atoms with Gasteiger partial charge in [0.15, 0.2) is 11.5 Å². The van der Waals surface area contributed by atoms with E-state index in [0.29, 0.717) is 11.5 Å². The van der Waals surface area contributed by atoms with E-state index in [4.69, 9.17) is 9.47 Å². The molecular weight excluding hydrogens is 274 g/mol. The molecule has 1 saturated carbocycles. The maximum atomic E-state index is 5.86. The van der Waals surface area contributed by atoms with Gasteiger partial charge in [-0.15, -0.1) is 0 Å². The van der Waals surface area contributed by atoms with Gasteiger partial charge in [-0.05, 0) is 56.8 Å². The fraction of sp³-hybridized carbons (Fsp3) is 0.684. The van der Waals surface area contributed by atoms with Gasteiger partial charge < -0.3 is 14.4 Å². The van der Waals surface area contributed by atoms with Crippen LogP contribution in [0, 0.1) is 5.92 Å². The number of methoxy groups -OCH3 is 2. The number of hydrogen-bond donors (Lipinski definition) is 0. The zero-order valence-corrected chi connectivity index (χ0v) is 14.0. The Morgan fingerprint density at radius 2 is 2.00 bits per heavy atom. The molecule has 0 spiro atoms. The number of fused-ring (bicyclic) bond motifs is 1. The summed E-state index contributed by atoms with van der Waals surface area (Å²) >= 11 is 0. The van der Waals surface area contributed by atoms with Crippen molar-refractivity contribution in [2.24, 2.45) is 5.92 Å². The molecule has 1 heterocycles. The number of piperidine rings is 1. The Kier molecular flexibility index (Phi) is 3.37. The number of ether oxygens (including phenoxy) is 2. The lowest BCUT2D eigenvalue weighted by atomic mass is 9.52. The number of benzene rings is 1. The van der Waals surface area contributed by atoms with Crippen molar-refractivity contribution in [1.29, 1.82) is 0 Å². The number of likely N-dealkylation sites (tertiary alicyclic amines) is 1. The minimum atomic E-state index is 0.322. The Labute approximate surface area is 133 Å². The molecule has 2 fully saturated rings. The van der Waals surface area contributed by atoms with Crippen LogP contribution in [-0.2, 0) is 11.8 Å². The Morgan fingerprint density at radius 1 is 1.14 bits per heavy atom. The van der Waals surface area contributed by atoms with Gasteiger partial charge >= 0.3 is 0 Å². The minimum Gasteiger partial charge on any atom is -0.493 e. The van der Waals surface area contributed by atoms with Crippen molar-refractivity contribution in [3.8, 4) is 11.5 Å². The van der Waals surface area contributed by atoms with Crippen molar-refractivity contribution >= 4 is 0 Å². The largest absolute Gasteiger partial charge is 0.493 e. The molecule has 120 valence electrons. The third-order valence-electron chi connectivity index (χ3n) is 6.60. The molecule has 1 saturated heterocycles. The average Bonchev–Trinajstić information content (AvgIpc) is 2.57. The van der Waals surface area contributed by atoms with Crippen LogP contribution in [0.3, 0.4) is 0 Å². The van der Waals surface area contributed by atoms with Crippen molar-refractivity contribution in [2.45, 2.75) is 50.0 Å². The summed E-state index contributed by atoms with van der Waals surface area (Å²) in [5.74, 6) is 2.70. The monoisotopic (exact) mass is 301 g/mol. The summed E-state index contributed by atoms with van der Waals surface area (Å²) in [7, 11) is 5.86. The Bertz CT molecular complexity index is 585. The van der Waals surface area contributed by atoms with Crippen LogP contribution in [0.2, 0.25) is 0 Å². The molecule has 0 amide bonds. The first kappa shape index (κ1) is 14.4. The van der Waals surface area contributed by atoms with E-state index in [1.807, 2.05) is 0 Å². The summed E-state index contributed by atoms with van der Waals surface area (Å²) < 4.78 is 11.5. The van der Waals surface area contributed by atoms with Crippen molar-refractivity contribution in [3.05, 3.63) is 23.3 Å². The van der Waals surface area contributed by atoms with E-state index in [1.54, 1.807) is 14.2 Å².